The fourth-order valence-corrected chi connectivity index (χ4v) is 3.77. The zero-order chi connectivity index (χ0) is 15.5. The molecule has 0 atom stereocenters. The normalized spacial score (nSPS) is 11.8. The smallest absolute Gasteiger partial charge is 0.243 e. The van der Waals surface area contributed by atoms with Crippen LogP contribution in [0.4, 0.5) is 5.69 Å². The highest BCUT2D eigenvalue weighted by Crippen LogP contribution is 2.22. The van der Waals surface area contributed by atoms with Crippen molar-refractivity contribution in [3.05, 3.63) is 53.9 Å². The van der Waals surface area contributed by atoms with Crippen LogP contribution in [0.15, 0.2) is 47.5 Å². The van der Waals surface area contributed by atoms with E-state index in [4.69, 9.17) is 5.73 Å². The maximum absolute atomic E-state index is 12.8. The van der Waals surface area contributed by atoms with Crippen LogP contribution in [-0.4, -0.2) is 24.3 Å². The predicted molar refractivity (Wildman–Crippen MR) is 83.1 cm³/mol. The van der Waals surface area contributed by atoms with E-state index in [-0.39, 0.29) is 11.4 Å². The summed E-state index contributed by atoms with van der Waals surface area (Å²) in [6.07, 6.45) is 1.66. The van der Waals surface area contributed by atoms with Gasteiger partial charge >= 0.3 is 0 Å². The lowest BCUT2D eigenvalue weighted by Gasteiger charge is -2.21. The summed E-state index contributed by atoms with van der Waals surface area (Å²) in [4.78, 5) is 4.47. The zero-order valence-corrected chi connectivity index (χ0v) is 13.0. The zero-order valence-electron chi connectivity index (χ0n) is 12.2. The van der Waals surface area contributed by atoms with E-state index in [0.717, 1.165) is 5.69 Å². The van der Waals surface area contributed by atoms with Crippen LogP contribution in [0.3, 0.4) is 0 Å². The number of hydrogen-bond acceptors (Lipinski definition) is 4. The Morgan fingerprint density at radius 3 is 2.57 bits per heavy atom. The van der Waals surface area contributed by atoms with E-state index in [1.807, 2.05) is 19.1 Å². The number of rotatable bonds is 5. The van der Waals surface area contributed by atoms with Gasteiger partial charge in [0.1, 0.15) is 0 Å². The van der Waals surface area contributed by atoms with Crippen molar-refractivity contribution >= 4 is 15.7 Å². The van der Waals surface area contributed by atoms with Gasteiger partial charge in [-0.15, -0.1) is 0 Å². The van der Waals surface area contributed by atoms with Gasteiger partial charge in [0.2, 0.25) is 10.0 Å². The number of nitrogens with zero attached hydrogens (tertiary/aromatic N) is 2. The van der Waals surface area contributed by atoms with Crippen LogP contribution < -0.4 is 5.73 Å². The van der Waals surface area contributed by atoms with Gasteiger partial charge in [-0.05, 0) is 42.8 Å². The Balaban J connectivity index is 2.36. The fourth-order valence-electron chi connectivity index (χ4n) is 2.14. The van der Waals surface area contributed by atoms with E-state index < -0.39 is 10.0 Å². The van der Waals surface area contributed by atoms with E-state index in [9.17, 15) is 8.42 Å². The number of anilines is 1. The molecule has 5 nitrogen and oxygen atoms in total. The van der Waals surface area contributed by atoms with Crippen molar-refractivity contribution in [1.82, 2.24) is 9.29 Å². The summed E-state index contributed by atoms with van der Waals surface area (Å²) >= 11 is 0. The van der Waals surface area contributed by atoms with Crippen molar-refractivity contribution in [3.63, 3.8) is 0 Å². The summed E-state index contributed by atoms with van der Waals surface area (Å²) in [6, 6.07) is 10.3. The minimum absolute atomic E-state index is 0.253. The van der Waals surface area contributed by atoms with Gasteiger partial charge in [-0.2, -0.15) is 4.31 Å². The molecule has 0 aliphatic rings. The molecule has 1 aromatic heterocycles. The molecule has 0 saturated heterocycles. The Morgan fingerprint density at radius 1 is 1.24 bits per heavy atom. The molecule has 0 amide bonds. The minimum atomic E-state index is -3.56. The molecule has 0 bridgehead atoms. The van der Waals surface area contributed by atoms with Crippen LogP contribution in [-0.2, 0) is 16.6 Å². The Hall–Kier alpha value is -1.92. The summed E-state index contributed by atoms with van der Waals surface area (Å²) < 4.78 is 26.9. The Morgan fingerprint density at radius 2 is 2.00 bits per heavy atom. The van der Waals surface area contributed by atoms with Crippen molar-refractivity contribution in [2.75, 3.05) is 12.3 Å². The summed E-state index contributed by atoms with van der Waals surface area (Å²) in [6.45, 7) is 4.19. The molecule has 112 valence electrons. The molecule has 21 heavy (non-hydrogen) atoms. The van der Waals surface area contributed by atoms with Gasteiger partial charge in [-0.25, -0.2) is 8.42 Å². The first-order chi connectivity index (χ1) is 9.95. The molecule has 0 fully saturated rings. The van der Waals surface area contributed by atoms with Gasteiger partial charge in [0.15, 0.2) is 0 Å². The van der Waals surface area contributed by atoms with Crippen molar-refractivity contribution in [3.8, 4) is 0 Å². The summed E-state index contributed by atoms with van der Waals surface area (Å²) in [5.41, 5.74) is 7.61. The third kappa shape index (κ3) is 3.40. The Labute approximate surface area is 125 Å². The number of aryl methyl sites for hydroxylation is 1. The number of pyridine rings is 1. The van der Waals surface area contributed by atoms with Crippen LogP contribution in [0.5, 0.6) is 0 Å². The number of aromatic nitrogens is 1. The average molecular weight is 305 g/mol. The van der Waals surface area contributed by atoms with Crippen LogP contribution in [0.25, 0.3) is 0 Å². The van der Waals surface area contributed by atoms with Crippen LogP contribution in [0, 0.1) is 6.92 Å². The number of hydrogen-bond donors (Lipinski definition) is 1. The Bertz CT molecular complexity index is 715. The molecule has 0 radical (unpaired) electrons. The molecule has 0 aliphatic carbocycles. The summed E-state index contributed by atoms with van der Waals surface area (Å²) in [7, 11) is -3.56. The standard InChI is InChI=1S/C15H19N3O2S/c1-3-18(11-14-6-4-5-9-17-14)21(19,20)15-8-7-13(16)10-12(15)2/h4-10H,3,11,16H2,1-2H3. The predicted octanol–water partition coefficient (Wildman–Crippen LogP) is 2.18. The average Bonchev–Trinajstić information content (AvgIpc) is 2.45. The second-order valence-electron chi connectivity index (χ2n) is 4.78. The lowest BCUT2D eigenvalue weighted by molar-refractivity contribution is 0.419. The molecular formula is C15H19N3O2S. The summed E-state index contributed by atoms with van der Waals surface area (Å²) in [5, 5.41) is 0. The first kappa shape index (κ1) is 15.5. The number of nitrogens with two attached hydrogens (primary N) is 1. The van der Waals surface area contributed by atoms with E-state index in [1.54, 1.807) is 37.4 Å². The monoisotopic (exact) mass is 305 g/mol. The molecular weight excluding hydrogens is 286 g/mol. The third-order valence-corrected chi connectivity index (χ3v) is 5.32. The van der Waals surface area contributed by atoms with Gasteiger partial charge in [0.25, 0.3) is 0 Å². The molecule has 0 unspecified atom stereocenters. The van der Waals surface area contributed by atoms with Gasteiger partial charge in [0.05, 0.1) is 17.1 Å². The minimum Gasteiger partial charge on any atom is -0.399 e. The van der Waals surface area contributed by atoms with Crippen LogP contribution >= 0.6 is 0 Å². The maximum atomic E-state index is 12.8. The Kier molecular flexibility index (Phi) is 4.59. The molecule has 2 aromatic rings. The summed E-state index contributed by atoms with van der Waals surface area (Å²) in [5.74, 6) is 0. The van der Waals surface area contributed by atoms with E-state index in [2.05, 4.69) is 4.98 Å². The van der Waals surface area contributed by atoms with Gasteiger partial charge in [-0.1, -0.05) is 13.0 Å². The number of sulfonamides is 1. The van der Waals surface area contributed by atoms with Gasteiger partial charge in [0, 0.05) is 18.4 Å². The van der Waals surface area contributed by atoms with Gasteiger partial charge in [-0.3, -0.25) is 4.98 Å². The van der Waals surface area contributed by atoms with E-state index in [0.29, 0.717) is 17.8 Å². The molecule has 1 heterocycles. The molecule has 2 rings (SSSR count). The lowest BCUT2D eigenvalue weighted by Crippen LogP contribution is -2.31. The van der Waals surface area contributed by atoms with Gasteiger partial charge < -0.3 is 5.73 Å². The van der Waals surface area contributed by atoms with Crippen molar-refractivity contribution in [2.24, 2.45) is 0 Å². The first-order valence-corrected chi connectivity index (χ1v) is 8.15. The quantitative estimate of drug-likeness (QED) is 0.859. The molecule has 2 N–H and O–H groups in total. The second-order valence-corrected chi connectivity index (χ2v) is 6.68. The van der Waals surface area contributed by atoms with Crippen LogP contribution in [0.1, 0.15) is 18.2 Å². The number of nitrogen functional groups attached to an aromatic ring is 1. The largest absolute Gasteiger partial charge is 0.399 e. The highest BCUT2D eigenvalue weighted by atomic mass is 32.2. The van der Waals surface area contributed by atoms with Crippen molar-refractivity contribution < 1.29 is 8.42 Å². The second kappa shape index (κ2) is 6.24. The highest BCUT2D eigenvalue weighted by Gasteiger charge is 2.25. The van der Waals surface area contributed by atoms with Crippen molar-refractivity contribution in [1.29, 1.82) is 0 Å². The fraction of sp³-hybridized carbons (Fsp3) is 0.267. The lowest BCUT2D eigenvalue weighted by atomic mass is 10.2. The molecule has 0 spiro atoms. The molecule has 1 aromatic carbocycles. The molecule has 6 heteroatoms. The van der Waals surface area contributed by atoms with Crippen LogP contribution in [0.2, 0.25) is 0 Å². The molecule has 0 saturated carbocycles. The van der Waals surface area contributed by atoms with E-state index in [1.165, 1.54) is 4.31 Å². The van der Waals surface area contributed by atoms with E-state index >= 15 is 0 Å². The van der Waals surface area contributed by atoms with Crippen molar-refractivity contribution in [2.45, 2.75) is 25.3 Å². The SMILES string of the molecule is CCN(Cc1ccccn1)S(=O)(=O)c1ccc(N)cc1C. The molecule has 0 aliphatic heterocycles. The topological polar surface area (TPSA) is 76.3 Å². The first-order valence-electron chi connectivity index (χ1n) is 6.71. The highest BCUT2D eigenvalue weighted by molar-refractivity contribution is 7.89. The number of benzene rings is 1. The third-order valence-electron chi connectivity index (χ3n) is 3.23. The maximum Gasteiger partial charge on any atom is 0.243 e.